The molecule has 0 spiro atoms. The Morgan fingerprint density at radius 3 is 1.86 bits per heavy atom. The molecule has 1 N–H and O–H groups in total. The average molecular weight is 370 g/mol. The Morgan fingerprint density at radius 2 is 1.25 bits per heavy atom. The van der Waals surface area contributed by atoms with E-state index in [2.05, 4.69) is 0 Å². The minimum Gasteiger partial charge on any atom is -0.494 e. The first-order chi connectivity index (χ1) is 13.7. The molecule has 0 bridgehead atoms. The summed E-state index contributed by atoms with van der Waals surface area (Å²) in [6.45, 7) is 0.151. The van der Waals surface area contributed by atoms with Crippen LogP contribution in [0.5, 0.6) is 5.88 Å². The summed E-state index contributed by atoms with van der Waals surface area (Å²) in [4.78, 5) is 26.4. The van der Waals surface area contributed by atoms with Crippen molar-refractivity contribution in [1.29, 1.82) is 0 Å². The van der Waals surface area contributed by atoms with E-state index in [-0.39, 0.29) is 18.0 Å². The lowest BCUT2D eigenvalue weighted by Crippen LogP contribution is -2.39. The number of hydrogen-bond donors (Lipinski definition) is 1. The van der Waals surface area contributed by atoms with Crippen molar-refractivity contribution in [2.45, 2.75) is 6.54 Å². The maximum absolute atomic E-state index is 13.2. The van der Waals surface area contributed by atoms with E-state index in [0.29, 0.717) is 11.3 Å². The van der Waals surface area contributed by atoms with Crippen molar-refractivity contribution in [2.24, 2.45) is 0 Å². The van der Waals surface area contributed by atoms with Gasteiger partial charge < -0.3 is 5.11 Å². The number of rotatable bonds is 4. The number of nitrogens with zero attached hydrogens (tertiary/aromatic N) is 2. The van der Waals surface area contributed by atoms with Gasteiger partial charge in [-0.05, 0) is 23.3 Å². The van der Waals surface area contributed by atoms with Crippen molar-refractivity contribution in [3.8, 4) is 22.7 Å². The van der Waals surface area contributed by atoms with E-state index in [0.717, 1.165) is 10.1 Å². The van der Waals surface area contributed by atoms with Gasteiger partial charge in [0.05, 0.1) is 12.2 Å². The van der Waals surface area contributed by atoms with Crippen molar-refractivity contribution in [2.75, 3.05) is 0 Å². The van der Waals surface area contributed by atoms with Crippen LogP contribution in [0, 0.1) is 0 Å². The zero-order chi connectivity index (χ0) is 19.5. The fourth-order valence-electron chi connectivity index (χ4n) is 3.21. The molecule has 4 aromatic rings. The molecule has 5 heteroatoms. The molecule has 0 atom stereocenters. The van der Waals surface area contributed by atoms with Crippen LogP contribution in [0.25, 0.3) is 16.8 Å². The molecular formula is C23H18N2O3. The number of aromatic hydroxyl groups is 1. The third-order valence-electron chi connectivity index (χ3n) is 4.58. The van der Waals surface area contributed by atoms with Crippen molar-refractivity contribution < 1.29 is 5.11 Å². The van der Waals surface area contributed by atoms with Gasteiger partial charge in [-0.25, -0.2) is 9.36 Å². The van der Waals surface area contributed by atoms with Gasteiger partial charge in [0.2, 0.25) is 5.88 Å². The van der Waals surface area contributed by atoms with Crippen molar-refractivity contribution >= 4 is 0 Å². The lowest BCUT2D eigenvalue weighted by molar-refractivity contribution is 0.408. The molecule has 4 rings (SSSR count). The molecule has 0 aliphatic rings. The number of benzene rings is 3. The molecule has 1 aromatic heterocycles. The number of aromatic nitrogens is 2. The summed E-state index contributed by atoms with van der Waals surface area (Å²) in [7, 11) is 0. The Kier molecular flexibility index (Phi) is 4.64. The van der Waals surface area contributed by atoms with Gasteiger partial charge in [0, 0.05) is 0 Å². The van der Waals surface area contributed by atoms with Gasteiger partial charge in [-0.3, -0.25) is 9.36 Å². The summed E-state index contributed by atoms with van der Waals surface area (Å²) in [6, 6.07) is 27.0. The topological polar surface area (TPSA) is 64.2 Å². The van der Waals surface area contributed by atoms with Gasteiger partial charge in [-0.1, -0.05) is 78.9 Å². The fraction of sp³-hybridized carbons (Fsp3) is 0.0435. The van der Waals surface area contributed by atoms with Gasteiger partial charge in [-0.2, -0.15) is 0 Å². The van der Waals surface area contributed by atoms with Crippen molar-refractivity contribution in [3.05, 3.63) is 117 Å². The van der Waals surface area contributed by atoms with E-state index in [4.69, 9.17) is 0 Å². The Balaban J connectivity index is 2.03. The minimum absolute atomic E-state index is 0.0972. The van der Waals surface area contributed by atoms with E-state index >= 15 is 0 Å². The van der Waals surface area contributed by atoms with Crippen LogP contribution in [0.2, 0.25) is 0 Å². The van der Waals surface area contributed by atoms with Gasteiger partial charge >= 0.3 is 5.69 Å². The summed E-state index contributed by atoms with van der Waals surface area (Å²) >= 11 is 0. The lowest BCUT2D eigenvalue weighted by Gasteiger charge is -2.16. The Bertz CT molecular complexity index is 1210. The monoisotopic (exact) mass is 370 g/mol. The second-order valence-corrected chi connectivity index (χ2v) is 6.40. The molecular weight excluding hydrogens is 352 g/mol. The van der Waals surface area contributed by atoms with Crippen LogP contribution in [0.1, 0.15) is 5.56 Å². The van der Waals surface area contributed by atoms with Crippen LogP contribution in [0.15, 0.2) is 101 Å². The van der Waals surface area contributed by atoms with Crippen LogP contribution in [-0.4, -0.2) is 14.2 Å². The second-order valence-electron chi connectivity index (χ2n) is 6.40. The summed E-state index contributed by atoms with van der Waals surface area (Å²) in [5.41, 5.74) is 0.812. The molecule has 0 fully saturated rings. The molecule has 5 nitrogen and oxygen atoms in total. The third kappa shape index (κ3) is 3.14. The SMILES string of the molecule is O=c1c(-c2ccccc2)c(O)n(Cc2ccccc2)c(=O)n1-c1ccccc1. The highest BCUT2D eigenvalue weighted by Gasteiger charge is 2.21. The molecule has 0 saturated heterocycles. The molecule has 0 unspecified atom stereocenters. The van der Waals surface area contributed by atoms with Crippen LogP contribution in [0.4, 0.5) is 0 Å². The van der Waals surface area contributed by atoms with Crippen LogP contribution in [0.3, 0.4) is 0 Å². The molecule has 1 heterocycles. The van der Waals surface area contributed by atoms with Crippen LogP contribution in [-0.2, 0) is 6.54 Å². The highest BCUT2D eigenvalue weighted by molar-refractivity contribution is 5.67. The van der Waals surface area contributed by atoms with E-state index in [1.54, 1.807) is 48.5 Å². The molecule has 28 heavy (non-hydrogen) atoms. The minimum atomic E-state index is -0.586. The maximum Gasteiger partial charge on any atom is 0.338 e. The normalized spacial score (nSPS) is 10.7. The number of hydrogen-bond acceptors (Lipinski definition) is 3. The average Bonchev–Trinajstić information content (AvgIpc) is 2.74. The Hall–Kier alpha value is -3.86. The highest BCUT2D eigenvalue weighted by Crippen LogP contribution is 2.25. The molecule has 138 valence electrons. The Morgan fingerprint density at radius 1 is 0.714 bits per heavy atom. The van der Waals surface area contributed by atoms with Gasteiger partial charge in [-0.15, -0.1) is 0 Å². The second kappa shape index (κ2) is 7.40. The fourth-order valence-corrected chi connectivity index (χ4v) is 3.21. The van der Waals surface area contributed by atoms with Gasteiger partial charge in [0.25, 0.3) is 5.56 Å². The van der Waals surface area contributed by atoms with E-state index < -0.39 is 11.2 Å². The zero-order valence-electron chi connectivity index (χ0n) is 15.0. The molecule has 0 saturated carbocycles. The largest absolute Gasteiger partial charge is 0.494 e. The van der Waals surface area contributed by atoms with Gasteiger partial charge in [0.1, 0.15) is 5.56 Å². The summed E-state index contributed by atoms with van der Waals surface area (Å²) < 4.78 is 2.33. The zero-order valence-corrected chi connectivity index (χ0v) is 15.0. The first-order valence-electron chi connectivity index (χ1n) is 8.90. The Labute approximate surface area is 161 Å². The van der Waals surface area contributed by atoms with E-state index in [1.807, 2.05) is 42.5 Å². The maximum atomic E-state index is 13.2. The summed E-state index contributed by atoms with van der Waals surface area (Å²) in [5.74, 6) is -0.336. The van der Waals surface area contributed by atoms with Crippen LogP contribution < -0.4 is 11.2 Å². The summed E-state index contributed by atoms with van der Waals surface area (Å²) in [5, 5.41) is 10.9. The quantitative estimate of drug-likeness (QED) is 0.599. The standard InChI is InChI=1S/C23H18N2O3/c26-21-20(18-12-6-2-7-13-18)22(27)25(19-14-8-3-9-15-19)23(28)24(21)16-17-10-4-1-5-11-17/h1-15,26H,16H2. The highest BCUT2D eigenvalue weighted by atomic mass is 16.3. The molecule has 0 aliphatic heterocycles. The summed E-state index contributed by atoms with van der Waals surface area (Å²) in [6.07, 6.45) is 0. The van der Waals surface area contributed by atoms with Crippen molar-refractivity contribution in [1.82, 2.24) is 9.13 Å². The third-order valence-corrected chi connectivity index (χ3v) is 4.58. The molecule has 0 aliphatic carbocycles. The lowest BCUT2D eigenvalue weighted by atomic mass is 10.1. The molecule has 0 amide bonds. The predicted molar refractivity (Wildman–Crippen MR) is 109 cm³/mol. The first kappa shape index (κ1) is 17.5. The van der Waals surface area contributed by atoms with E-state index in [9.17, 15) is 14.7 Å². The van der Waals surface area contributed by atoms with Crippen LogP contribution >= 0.6 is 0 Å². The molecule has 0 radical (unpaired) electrons. The van der Waals surface area contributed by atoms with Crippen molar-refractivity contribution in [3.63, 3.8) is 0 Å². The van der Waals surface area contributed by atoms with E-state index in [1.165, 1.54) is 4.57 Å². The predicted octanol–water partition coefficient (Wildman–Crippen LogP) is 3.42. The molecule has 3 aromatic carbocycles. The van der Waals surface area contributed by atoms with Gasteiger partial charge in [0.15, 0.2) is 0 Å². The smallest absolute Gasteiger partial charge is 0.338 e. The first-order valence-corrected chi connectivity index (χ1v) is 8.90. The number of para-hydroxylation sites is 1.